The van der Waals surface area contributed by atoms with Gasteiger partial charge >= 0.3 is 11.9 Å². The van der Waals surface area contributed by atoms with Gasteiger partial charge in [-0.25, -0.2) is 9.59 Å². The lowest BCUT2D eigenvalue weighted by molar-refractivity contribution is -0.959. The number of aliphatic carboxylic acids is 1. The Morgan fingerprint density at radius 3 is 2.50 bits per heavy atom. The number of likely N-dealkylation sites (tertiary alicyclic amines) is 1. The summed E-state index contributed by atoms with van der Waals surface area (Å²) in [4.78, 5) is 21.8. The van der Waals surface area contributed by atoms with Gasteiger partial charge in [-0.3, -0.25) is 4.48 Å². The van der Waals surface area contributed by atoms with E-state index in [-0.39, 0.29) is 6.23 Å². The summed E-state index contributed by atoms with van der Waals surface area (Å²) in [5, 5.41) is 8.45. The molecule has 1 saturated heterocycles. The number of carbonyl (C=O) groups excluding carboxylic acids is 1. The number of carboxylic acids is 1. The summed E-state index contributed by atoms with van der Waals surface area (Å²) in [6, 6.07) is 0.510. The van der Waals surface area contributed by atoms with Crippen LogP contribution in [0.4, 0.5) is 0 Å². The maximum absolute atomic E-state index is 11.5. The molecular weight excluding hydrogens is 234 g/mol. The number of hydrogen-bond acceptors (Lipinski definition) is 3. The van der Waals surface area contributed by atoms with Gasteiger partial charge in [-0.1, -0.05) is 6.92 Å². The van der Waals surface area contributed by atoms with Gasteiger partial charge in [0.25, 0.3) is 0 Å². The molecule has 0 saturated carbocycles. The van der Waals surface area contributed by atoms with Crippen LogP contribution in [0.25, 0.3) is 0 Å². The van der Waals surface area contributed by atoms with Crippen molar-refractivity contribution in [1.82, 2.24) is 0 Å². The Morgan fingerprint density at radius 1 is 1.33 bits per heavy atom. The molecule has 102 valence electrons. The predicted molar refractivity (Wildman–Crippen MR) is 66.7 cm³/mol. The molecule has 0 spiro atoms. The monoisotopic (exact) mass is 256 g/mol. The first-order valence-corrected chi connectivity index (χ1v) is 6.40. The molecule has 1 aliphatic heterocycles. The molecule has 5 nitrogen and oxygen atoms in total. The lowest BCUT2D eigenvalue weighted by atomic mass is 10.1. The first-order valence-electron chi connectivity index (χ1n) is 6.40. The molecule has 3 unspecified atom stereocenters. The predicted octanol–water partition coefficient (Wildman–Crippen LogP) is 1.54. The molecular formula is C13H22NO4+. The van der Waals surface area contributed by atoms with E-state index in [2.05, 4.69) is 20.9 Å². The van der Waals surface area contributed by atoms with Crippen molar-refractivity contribution < 1.29 is 23.9 Å². The van der Waals surface area contributed by atoms with Crippen molar-refractivity contribution in [2.75, 3.05) is 13.6 Å². The first kappa shape index (κ1) is 14.7. The van der Waals surface area contributed by atoms with Crippen LogP contribution in [0.5, 0.6) is 0 Å². The number of carboxylic acid groups (broad SMARTS) is 1. The Balaban J connectivity index is 2.67. The minimum absolute atomic E-state index is 0.161. The van der Waals surface area contributed by atoms with Crippen molar-refractivity contribution in [3.8, 4) is 0 Å². The van der Waals surface area contributed by atoms with Crippen molar-refractivity contribution in [2.24, 2.45) is 0 Å². The smallest absolute Gasteiger partial charge is 0.335 e. The third-order valence-electron chi connectivity index (χ3n) is 4.01. The van der Waals surface area contributed by atoms with Crippen molar-refractivity contribution >= 4 is 11.9 Å². The molecule has 0 radical (unpaired) electrons. The van der Waals surface area contributed by atoms with Gasteiger partial charge in [-0.15, -0.1) is 0 Å². The van der Waals surface area contributed by atoms with Crippen LogP contribution in [-0.4, -0.2) is 47.4 Å². The number of nitrogens with zero attached hydrogens (tertiary/aromatic N) is 1. The Morgan fingerprint density at radius 2 is 2.00 bits per heavy atom. The van der Waals surface area contributed by atoms with Crippen LogP contribution in [0.15, 0.2) is 12.2 Å². The summed E-state index contributed by atoms with van der Waals surface area (Å²) in [5.74, 6) is -1.71. The summed E-state index contributed by atoms with van der Waals surface area (Å²) in [7, 11) is 2.10. The summed E-state index contributed by atoms with van der Waals surface area (Å²) in [6.07, 6.45) is 4.57. The highest BCUT2D eigenvalue weighted by atomic mass is 16.6. The molecule has 1 fully saturated rings. The average Bonchev–Trinajstić information content (AvgIpc) is 2.64. The Labute approximate surface area is 108 Å². The van der Waals surface area contributed by atoms with E-state index < -0.39 is 11.9 Å². The molecule has 18 heavy (non-hydrogen) atoms. The minimum Gasteiger partial charge on any atom is -0.478 e. The molecule has 0 amide bonds. The molecule has 0 aromatic heterocycles. The molecule has 0 aromatic rings. The fourth-order valence-corrected chi connectivity index (χ4v) is 2.74. The van der Waals surface area contributed by atoms with E-state index in [1.54, 1.807) is 0 Å². The molecule has 3 atom stereocenters. The zero-order chi connectivity index (χ0) is 13.8. The zero-order valence-electron chi connectivity index (χ0n) is 11.3. The number of rotatable bonds is 5. The number of hydrogen-bond donors (Lipinski definition) is 1. The van der Waals surface area contributed by atoms with Crippen molar-refractivity contribution in [1.29, 1.82) is 0 Å². The van der Waals surface area contributed by atoms with Gasteiger partial charge in [0.15, 0.2) is 0 Å². The second kappa shape index (κ2) is 6.00. The second-order valence-corrected chi connectivity index (χ2v) is 4.87. The topological polar surface area (TPSA) is 63.6 Å². The van der Waals surface area contributed by atoms with Crippen LogP contribution >= 0.6 is 0 Å². The molecule has 0 aliphatic carbocycles. The van der Waals surface area contributed by atoms with E-state index in [9.17, 15) is 9.59 Å². The number of esters is 1. The number of carbonyl (C=O) groups is 2. The van der Waals surface area contributed by atoms with E-state index in [0.29, 0.717) is 6.04 Å². The van der Waals surface area contributed by atoms with Gasteiger partial charge in [-0.2, -0.15) is 0 Å². The molecule has 0 aromatic carbocycles. The maximum atomic E-state index is 11.5. The zero-order valence-corrected chi connectivity index (χ0v) is 11.3. The van der Waals surface area contributed by atoms with E-state index in [1.165, 1.54) is 0 Å². The van der Waals surface area contributed by atoms with Crippen LogP contribution in [0.2, 0.25) is 0 Å². The van der Waals surface area contributed by atoms with Crippen LogP contribution < -0.4 is 0 Å². The Hall–Kier alpha value is -1.36. The maximum Gasteiger partial charge on any atom is 0.335 e. The fourth-order valence-electron chi connectivity index (χ4n) is 2.74. The summed E-state index contributed by atoms with van der Waals surface area (Å²) in [5.41, 5.74) is 0. The van der Waals surface area contributed by atoms with Crippen LogP contribution in [0.1, 0.15) is 33.1 Å². The molecule has 1 rings (SSSR count). The van der Waals surface area contributed by atoms with Crippen LogP contribution in [0.3, 0.4) is 0 Å². The van der Waals surface area contributed by atoms with E-state index in [0.717, 1.165) is 42.4 Å². The average molecular weight is 256 g/mol. The highest BCUT2D eigenvalue weighted by molar-refractivity contribution is 5.90. The standard InChI is InChI=1S/C13H21NO4/c1-4-10-6-7-11(14(10,3)5-2)18-13(17)9-8-12(15)16/h8-11H,4-7H2,1-3H3/p+1/b9-8+. The number of ether oxygens (including phenoxy) is 1. The van der Waals surface area contributed by atoms with Gasteiger partial charge in [-0.05, 0) is 13.3 Å². The van der Waals surface area contributed by atoms with Gasteiger partial charge in [0.2, 0.25) is 6.23 Å². The van der Waals surface area contributed by atoms with Crippen molar-refractivity contribution in [3.63, 3.8) is 0 Å². The van der Waals surface area contributed by atoms with E-state index in [4.69, 9.17) is 9.84 Å². The van der Waals surface area contributed by atoms with Crippen molar-refractivity contribution in [2.45, 2.75) is 45.4 Å². The van der Waals surface area contributed by atoms with Crippen LogP contribution in [-0.2, 0) is 14.3 Å². The van der Waals surface area contributed by atoms with Gasteiger partial charge < -0.3 is 9.84 Å². The SMILES string of the molecule is CCC1CCC(OC(=O)/C=C/C(=O)O)[N+]1(C)CC. The third-order valence-corrected chi connectivity index (χ3v) is 4.01. The Kier molecular flexibility index (Phi) is 4.90. The first-order chi connectivity index (χ1) is 8.43. The Bertz CT molecular complexity index is 353. The summed E-state index contributed by atoms with van der Waals surface area (Å²) in [6.45, 7) is 5.13. The van der Waals surface area contributed by atoms with Crippen LogP contribution in [0, 0.1) is 0 Å². The summed E-state index contributed by atoms with van der Waals surface area (Å²) >= 11 is 0. The molecule has 1 aliphatic rings. The van der Waals surface area contributed by atoms with Gasteiger partial charge in [0.1, 0.15) is 0 Å². The van der Waals surface area contributed by atoms with Gasteiger partial charge in [0.05, 0.1) is 19.6 Å². The lowest BCUT2D eigenvalue weighted by Crippen LogP contribution is -2.54. The quantitative estimate of drug-likeness (QED) is 0.460. The molecule has 5 heteroatoms. The minimum atomic E-state index is -1.14. The fraction of sp³-hybridized carbons (Fsp3) is 0.692. The molecule has 0 bridgehead atoms. The molecule has 1 heterocycles. The summed E-state index contributed by atoms with van der Waals surface area (Å²) < 4.78 is 6.11. The highest BCUT2D eigenvalue weighted by Crippen LogP contribution is 2.33. The van der Waals surface area contributed by atoms with E-state index in [1.807, 2.05) is 0 Å². The number of quaternary nitrogens is 1. The largest absolute Gasteiger partial charge is 0.478 e. The third kappa shape index (κ3) is 3.10. The molecule has 1 N–H and O–H groups in total. The second-order valence-electron chi connectivity index (χ2n) is 4.87. The normalized spacial score (nSPS) is 31.7. The highest BCUT2D eigenvalue weighted by Gasteiger charge is 2.46. The van der Waals surface area contributed by atoms with E-state index >= 15 is 0 Å². The van der Waals surface area contributed by atoms with Gasteiger partial charge in [0, 0.05) is 25.0 Å². The lowest BCUT2D eigenvalue weighted by Gasteiger charge is -2.39. The van der Waals surface area contributed by atoms with Crippen molar-refractivity contribution in [3.05, 3.63) is 12.2 Å².